The molecule has 0 radical (unpaired) electrons. The zero-order valence-electron chi connectivity index (χ0n) is 8.13. The van der Waals surface area contributed by atoms with Crippen LogP contribution in [-0.4, -0.2) is 22.4 Å². The van der Waals surface area contributed by atoms with Crippen LogP contribution in [0.2, 0.25) is 0 Å². The van der Waals surface area contributed by atoms with E-state index in [4.69, 9.17) is 5.11 Å². The molecule has 1 rings (SSSR count). The Bertz CT molecular complexity index is 477. The zero-order chi connectivity index (χ0) is 14.1. The van der Waals surface area contributed by atoms with Crippen molar-refractivity contribution in [3.05, 3.63) is 21.0 Å². The van der Waals surface area contributed by atoms with Crippen LogP contribution in [0.15, 0.2) is 6.20 Å². The standard InChI is InChI=1S/C8H3F5INO3/c9-5(10)3-2(7(16)17)1-15-6(14)4(3)18-8(11,12)13/h1,5H,(H,16,17). The third-order valence-corrected chi connectivity index (χ3v) is 2.46. The first kappa shape index (κ1) is 14.9. The van der Waals surface area contributed by atoms with Crippen LogP contribution >= 0.6 is 22.6 Å². The maximum atomic E-state index is 12.7. The van der Waals surface area contributed by atoms with Gasteiger partial charge in [0.2, 0.25) is 0 Å². The molecule has 0 atom stereocenters. The van der Waals surface area contributed by atoms with Gasteiger partial charge in [-0.25, -0.2) is 18.6 Å². The average molecular weight is 383 g/mol. The highest BCUT2D eigenvalue weighted by Crippen LogP contribution is 2.37. The van der Waals surface area contributed by atoms with Crippen molar-refractivity contribution < 1.29 is 36.6 Å². The van der Waals surface area contributed by atoms with Gasteiger partial charge >= 0.3 is 12.3 Å². The monoisotopic (exact) mass is 383 g/mol. The van der Waals surface area contributed by atoms with Crippen molar-refractivity contribution in [3.63, 3.8) is 0 Å². The SMILES string of the molecule is O=C(O)c1cnc(I)c(OC(F)(F)F)c1C(F)F. The number of aromatic carboxylic acids is 1. The quantitative estimate of drug-likeness (QED) is 0.495. The molecule has 100 valence electrons. The number of aromatic nitrogens is 1. The van der Waals surface area contributed by atoms with E-state index in [9.17, 15) is 26.7 Å². The highest BCUT2D eigenvalue weighted by molar-refractivity contribution is 14.1. The lowest BCUT2D eigenvalue weighted by Gasteiger charge is -2.15. The normalized spacial score (nSPS) is 11.7. The summed E-state index contributed by atoms with van der Waals surface area (Å²) in [6.07, 6.45) is -8.11. The summed E-state index contributed by atoms with van der Waals surface area (Å²) in [5.41, 5.74) is -2.39. The Morgan fingerprint density at radius 2 is 2.00 bits per heavy atom. The number of hydrogen-bond donors (Lipinski definition) is 1. The Labute approximate surface area is 110 Å². The van der Waals surface area contributed by atoms with E-state index < -0.39 is 39.3 Å². The molecular weight excluding hydrogens is 380 g/mol. The van der Waals surface area contributed by atoms with Crippen LogP contribution < -0.4 is 4.74 Å². The molecule has 0 fully saturated rings. The summed E-state index contributed by atoms with van der Waals surface area (Å²) < 4.78 is 64.4. The first-order valence-electron chi connectivity index (χ1n) is 4.09. The van der Waals surface area contributed by atoms with Crippen molar-refractivity contribution in [2.75, 3.05) is 0 Å². The molecule has 0 aromatic carbocycles. The second-order valence-corrected chi connectivity index (χ2v) is 3.88. The zero-order valence-corrected chi connectivity index (χ0v) is 10.3. The second kappa shape index (κ2) is 5.20. The highest BCUT2D eigenvalue weighted by atomic mass is 127. The van der Waals surface area contributed by atoms with Crippen LogP contribution in [0.3, 0.4) is 0 Å². The minimum atomic E-state index is -5.22. The van der Waals surface area contributed by atoms with Gasteiger partial charge < -0.3 is 9.84 Å². The molecule has 18 heavy (non-hydrogen) atoms. The third-order valence-electron chi connectivity index (χ3n) is 1.70. The van der Waals surface area contributed by atoms with E-state index in [0.29, 0.717) is 6.20 Å². The van der Waals surface area contributed by atoms with Crippen molar-refractivity contribution in [1.29, 1.82) is 0 Å². The van der Waals surface area contributed by atoms with Gasteiger partial charge in [0.25, 0.3) is 6.43 Å². The molecule has 0 aliphatic carbocycles. The molecule has 0 unspecified atom stereocenters. The van der Waals surface area contributed by atoms with Crippen molar-refractivity contribution in [2.24, 2.45) is 0 Å². The average Bonchev–Trinajstić information content (AvgIpc) is 2.17. The van der Waals surface area contributed by atoms with Crippen LogP contribution in [0.5, 0.6) is 5.75 Å². The molecule has 1 aromatic heterocycles. The topological polar surface area (TPSA) is 59.4 Å². The third kappa shape index (κ3) is 3.40. The van der Waals surface area contributed by atoms with Crippen LogP contribution in [0.25, 0.3) is 0 Å². The molecular formula is C8H3F5INO3. The number of ether oxygens (including phenoxy) is 1. The minimum Gasteiger partial charge on any atom is -0.478 e. The van der Waals surface area contributed by atoms with Crippen LogP contribution in [0.1, 0.15) is 22.3 Å². The largest absolute Gasteiger partial charge is 0.573 e. The summed E-state index contributed by atoms with van der Waals surface area (Å²) in [5.74, 6) is -3.11. The van der Waals surface area contributed by atoms with Gasteiger partial charge in [-0.1, -0.05) is 0 Å². The minimum absolute atomic E-state index is 0.509. The van der Waals surface area contributed by atoms with Crippen LogP contribution in [0, 0.1) is 3.70 Å². The molecule has 0 amide bonds. The van der Waals surface area contributed by atoms with Crippen molar-refractivity contribution >= 4 is 28.6 Å². The van der Waals surface area contributed by atoms with Crippen molar-refractivity contribution in [1.82, 2.24) is 4.98 Å². The number of pyridine rings is 1. The van der Waals surface area contributed by atoms with Gasteiger partial charge in [-0.2, -0.15) is 0 Å². The molecule has 0 saturated heterocycles. The van der Waals surface area contributed by atoms with Crippen molar-refractivity contribution in [3.8, 4) is 5.75 Å². The predicted molar refractivity (Wildman–Crippen MR) is 55.6 cm³/mol. The summed E-state index contributed by atoms with van der Waals surface area (Å²) in [7, 11) is 0. The van der Waals surface area contributed by atoms with Gasteiger partial charge in [0, 0.05) is 6.20 Å². The van der Waals surface area contributed by atoms with E-state index in [2.05, 4.69) is 9.72 Å². The van der Waals surface area contributed by atoms with Crippen LogP contribution in [0.4, 0.5) is 22.0 Å². The molecule has 4 nitrogen and oxygen atoms in total. The van der Waals surface area contributed by atoms with Gasteiger partial charge in [-0.05, 0) is 22.6 Å². The fourth-order valence-corrected chi connectivity index (χ4v) is 1.62. The lowest BCUT2D eigenvalue weighted by molar-refractivity contribution is -0.275. The summed E-state index contributed by atoms with van der Waals surface area (Å²) in [4.78, 5) is 13.9. The lowest BCUT2D eigenvalue weighted by atomic mass is 10.1. The molecule has 0 saturated carbocycles. The number of halogens is 6. The Balaban J connectivity index is 3.46. The van der Waals surface area contributed by atoms with Gasteiger partial charge in [-0.15, -0.1) is 13.2 Å². The number of rotatable bonds is 3. The number of nitrogens with zero attached hydrogens (tertiary/aromatic N) is 1. The summed E-state index contributed by atoms with van der Waals surface area (Å²) >= 11 is 1.24. The van der Waals surface area contributed by atoms with E-state index in [1.165, 1.54) is 22.6 Å². The second-order valence-electron chi connectivity index (χ2n) is 2.86. The first-order chi connectivity index (χ1) is 8.13. The lowest BCUT2D eigenvalue weighted by Crippen LogP contribution is -2.20. The van der Waals surface area contributed by atoms with E-state index in [1.54, 1.807) is 0 Å². The molecule has 1 heterocycles. The Hall–Kier alpha value is -1.20. The van der Waals surface area contributed by atoms with E-state index >= 15 is 0 Å². The number of carboxylic acids is 1. The fraction of sp³-hybridized carbons (Fsp3) is 0.250. The predicted octanol–water partition coefficient (Wildman–Crippen LogP) is 3.22. The van der Waals surface area contributed by atoms with E-state index in [-0.39, 0.29) is 0 Å². The van der Waals surface area contributed by atoms with E-state index in [0.717, 1.165) is 0 Å². The Kier molecular flexibility index (Phi) is 4.29. The van der Waals surface area contributed by atoms with Gasteiger partial charge in [0.05, 0.1) is 11.1 Å². The van der Waals surface area contributed by atoms with Crippen molar-refractivity contribution in [2.45, 2.75) is 12.8 Å². The smallest absolute Gasteiger partial charge is 0.478 e. The number of hydrogen-bond acceptors (Lipinski definition) is 3. The molecule has 1 N–H and O–H groups in total. The van der Waals surface area contributed by atoms with Gasteiger partial charge in [-0.3, -0.25) is 0 Å². The van der Waals surface area contributed by atoms with Gasteiger partial charge in [0.15, 0.2) is 5.75 Å². The van der Waals surface area contributed by atoms with Crippen LogP contribution in [-0.2, 0) is 0 Å². The maximum Gasteiger partial charge on any atom is 0.573 e. The Morgan fingerprint density at radius 1 is 1.44 bits per heavy atom. The molecule has 10 heteroatoms. The highest BCUT2D eigenvalue weighted by Gasteiger charge is 2.36. The van der Waals surface area contributed by atoms with E-state index in [1.807, 2.05) is 0 Å². The molecule has 0 aliphatic rings. The number of alkyl halides is 5. The molecule has 1 aromatic rings. The maximum absolute atomic E-state index is 12.7. The first-order valence-corrected chi connectivity index (χ1v) is 5.17. The summed E-state index contributed by atoms with van der Waals surface area (Å²) in [6, 6.07) is 0. The Morgan fingerprint density at radius 3 is 2.39 bits per heavy atom. The van der Waals surface area contributed by atoms with Gasteiger partial charge in [0.1, 0.15) is 3.70 Å². The number of carboxylic acid groups (broad SMARTS) is 1. The molecule has 0 spiro atoms. The molecule has 0 aliphatic heterocycles. The fourth-order valence-electron chi connectivity index (χ4n) is 1.08. The summed E-state index contributed by atoms with van der Waals surface area (Å²) in [6.45, 7) is 0. The molecule has 0 bridgehead atoms. The number of carbonyl (C=O) groups is 1. The summed E-state index contributed by atoms with van der Waals surface area (Å²) in [5, 5.41) is 8.62.